The van der Waals surface area contributed by atoms with Gasteiger partial charge >= 0.3 is 23.9 Å². The van der Waals surface area contributed by atoms with E-state index < -0.39 is 47.5 Å². The largest absolute Gasteiger partial charge is 0.481 e. The second-order valence-corrected chi connectivity index (χ2v) is 5.92. The fourth-order valence-electron chi connectivity index (χ4n) is 2.87. The van der Waals surface area contributed by atoms with Gasteiger partial charge in [-0.25, -0.2) is 0 Å². The highest BCUT2D eigenvalue weighted by molar-refractivity contribution is 5.82. The maximum absolute atomic E-state index is 11.2. The Bertz CT molecular complexity index is 478. The molecule has 26 heavy (non-hydrogen) atoms. The van der Waals surface area contributed by atoms with Crippen molar-refractivity contribution < 1.29 is 38.9 Å². The van der Waals surface area contributed by atoms with Crippen molar-refractivity contribution in [2.24, 2.45) is 23.7 Å². The quantitative estimate of drug-likeness (QED) is 0.423. The van der Waals surface area contributed by atoms with Gasteiger partial charge < -0.3 is 30.3 Å². The first-order chi connectivity index (χ1) is 12.3. The molecular formula is C16H26N2O8. The summed E-state index contributed by atoms with van der Waals surface area (Å²) in [6.45, 7) is 5.48. The van der Waals surface area contributed by atoms with Gasteiger partial charge in [0.2, 0.25) is 0 Å². The molecule has 10 nitrogen and oxygen atoms in total. The highest BCUT2D eigenvalue weighted by Gasteiger charge is 2.39. The third-order valence-electron chi connectivity index (χ3n) is 4.24. The third-order valence-corrected chi connectivity index (χ3v) is 4.24. The number of rotatable bonds is 6. The molecule has 2 rings (SSSR count). The number of carboxylic acids is 2. The van der Waals surface area contributed by atoms with Gasteiger partial charge in [0.15, 0.2) is 0 Å². The lowest BCUT2D eigenvalue weighted by Gasteiger charge is -2.12. The van der Waals surface area contributed by atoms with Crippen LogP contribution in [0.15, 0.2) is 0 Å². The van der Waals surface area contributed by atoms with Gasteiger partial charge in [-0.15, -0.1) is 0 Å². The van der Waals surface area contributed by atoms with Crippen LogP contribution in [0.4, 0.5) is 0 Å². The molecule has 2 aliphatic heterocycles. The molecule has 0 radical (unpaired) electrons. The molecule has 10 heteroatoms. The average Bonchev–Trinajstić information content (AvgIpc) is 3.25. The average molecular weight is 374 g/mol. The predicted octanol–water partition coefficient (Wildman–Crippen LogP) is -1.06. The summed E-state index contributed by atoms with van der Waals surface area (Å²) in [6.07, 6.45) is 0. The van der Waals surface area contributed by atoms with Crippen LogP contribution < -0.4 is 10.6 Å². The van der Waals surface area contributed by atoms with E-state index in [0.717, 1.165) is 0 Å². The second kappa shape index (κ2) is 10.7. The van der Waals surface area contributed by atoms with Crippen LogP contribution in [0.3, 0.4) is 0 Å². The zero-order valence-electron chi connectivity index (χ0n) is 14.9. The molecule has 0 amide bonds. The van der Waals surface area contributed by atoms with Crippen molar-refractivity contribution in [2.45, 2.75) is 13.8 Å². The number of ether oxygens (including phenoxy) is 2. The molecule has 4 N–H and O–H groups in total. The molecule has 0 unspecified atom stereocenters. The SMILES string of the molecule is CCOC(=O)[C@@H]1CNC[C@H]1C(=O)O.CCOC(=O)[C@H]1CNC[C@@H]1C(=O)O. The highest BCUT2D eigenvalue weighted by atomic mass is 16.5. The molecule has 0 bridgehead atoms. The molecule has 0 saturated carbocycles. The molecule has 2 aliphatic rings. The van der Waals surface area contributed by atoms with Crippen LogP contribution >= 0.6 is 0 Å². The van der Waals surface area contributed by atoms with Gasteiger partial charge in [0.25, 0.3) is 0 Å². The summed E-state index contributed by atoms with van der Waals surface area (Å²) in [5, 5.41) is 23.2. The summed E-state index contributed by atoms with van der Waals surface area (Å²) in [7, 11) is 0. The fourth-order valence-corrected chi connectivity index (χ4v) is 2.87. The number of nitrogens with one attached hydrogen (secondary N) is 2. The first-order valence-corrected chi connectivity index (χ1v) is 8.53. The maximum Gasteiger partial charge on any atom is 0.311 e. The van der Waals surface area contributed by atoms with Crippen LogP contribution in [0.25, 0.3) is 0 Å². The molecule has 2 heterocycles. The number of hydrogen-bond donors (Lipinski definition) is 4. The molecule has 0 aromatic rings. The van der Waals surface area contributed by atoms with Gasteiger partial charge in [-0.1, -0.05) is 0 Å². The molecule has 4 atom stereocenters. The lowest BCUT2D eigenvalue weighted by Crippen LogP contribution is -2.29. The van der Waals surface area contributed by atoms with Crippen molar-refractivity contribution in [1.29, 1.82) is 0 Å². The number of carboxylic acid groups (broad SMARTS) is 2. The zero-order valence-corrected chi connectivity index (χ0v) is 14.9. The molecule has 0 aromatic carbocycles. The Morgan fingerprint density at radius 3 is 1.31 bits per heavy atom. The van der Waals surface area contributed by atoms with Crippen LogP contribution in [-0.2, 0) is 28.7 Å². The van der Waals surface area contributed by atoms with Crippen LogP contribution in [0.5, 0.6) is 0 Å². The minimum Gasteiger partial charge on any atom is -0.481 e. The van der Waals surface area contributed by atoms with Crippen molar-refractivity contribution in [3.63, 3.8) is 0 Å². The van der Waals surface area contributed by atoms with Crippen molar-refractivity contribution in [1.82, 2.24) is 10.6 Å². The van der Waals surface area contributed by atoms with Crippen molar-refractivity contribution >= 4 is 23.9 Å². The Hall–Kier alpha value is -2.20. The van der Waals surface area contributed by atoms with E-state index in [1.54, 1.807) is 13.8 Å². The van der Waals surface area contributed by atoms with Gasteiger partial charge in [-0.3, -0.25) is 19.2 Å². The van der Waals surface area contributed by atoms with E-state index in [1.165, 1.54) is 0 Å². The first-order valence-electron chi connectivity index (χ1n) is 8.53. The van der Waals surface area contributed by atoms with Gasteiger partial charge in [-0.05, 0) is 13.8 Å². The van der Waals surface area contributed by atoms with Crippen LogP contribution in [-0.4, -0.2) is 73.5 Å². The monoisotopic (exact) mass is 374 g/mol. The van der Waals surface area contributed by atoms with Gasteiger partial charge in [0.1, 0.15) is 0 Å². The second-order valence-electron chi connectivity index (χ2n) is 5.92. The van der Waals surface area contributed by atoms with E-state index in [1.807, 2.05) is 0 Å². The number of hydrogen-bond acceptors (Lipinski definition) is 8. The van der Waals surface area contributed by atoms with E-state index in [4.69, 9.17) is 19.7 Å². The van der Waals surface area contributed by atoms with Crippen LogP contribution in [0, 0.1) is 23.7 Å². The number of aliphatic carboxylic acids is 2. The van der Waals surface area contributed by atoms with E-state index >= 15 is 0 Å². The summed E-state index contributed by atoms with van der Waals surface area (Å²) in [5.41, 5.74) is 0. The number of carbonyl (C=O) groups excluding carboxylic acids is 2. The number of carbonyl (C=O) groups is 4. The van der Waals surface area contributed by atoms with Crippen molar-refractivity contribution in [2.75, 3.05) is 39.4 Å². The van der Waals surface area contributed by atoms with Crippen LogP contribution in [0.1, 0.15) is 13.8 Å². The van der Waals surface area contributed by atoms with E-state index in [9.17, 15) is 19.2 Å². The molecule has 148 valence electrons. The zero-order chi connectivity index (χ0) is 19.7. The topological polar surface area (TPSA) is 151 Å². The standard InChI is InChI=1S/2C8H13NO4/c2*1-2-13-8(12)6-4-9-3-5(6)7(10)11/h2*5-6,9H,2-4H2,1H3,(H,10,11)/t2*5-,6-/m10/s1. The third kappa shape index (κ3) is 5.95. The van der Waals surface area contributed by atoms with Crippen LogP contribution in [0.2, 0.25) is 0 Å². The van der Waals surface area contributed by atoms with E-state index in [2.05, 4.69) is 10.6 Å². The summed E-state index contributed by atoms with van der Waals surface area (Å²) in [4.78, 5) is 43.8. The summed E-state index contributed by atoms with van der Waals surface area (Å²) >= 11 is 0. The lowest BCUT2D eigenvalue weighted by atomic mass is 9.96. The van der Waals surface area contributed by atoms with Gasteiger partial charge in [0.05, 0.1) is 36.9 Å². The summed E-state index contributed by atoms with van der Waals surface area (Å²) < 4.78 is 9.53. The Kier molecular flexibility index (Phi) is 9.00. The first kappa shape index (κ1) is 21.8. The minimum absolute atomic E-state index is 0.293. The molecule has 0 spiro atoms. The Balaban J connectivity index is 0.000000260. The van der Waals surface area contributed by atoms with E-state index in [0.29, 0.717) is 39.4 Å². The molecule has 0 aliphatic carbocycles. The molecule has 0 aromatic heterocycles. The highest BCUT2D eigenvalue weighted by Crippen LogP contribution is 2.19. The Labute approximate surface area is 151 Å². The van der Waals surface area contributed by atoms with Crippen molar-refractivity contribution in [3.8, 4) is 0 Å². The smallest absolute Gasteiger partial charge is 0.311 e. The predicted molar refractivity (Wildman–Crippen MR) is 88.2 cm³/mol. The van der Waals surface area contributed by atoms with Gasteiger partial charge in [0, 0.05) is 26.2 Å². The molecular weight excluding hydrogens is 348 g/mol. The van der Waals surface area contributed by atoms with E-state index in [-0.39, 0.29) is 0 Å². The summed E-state index contributed by atoms with van der Waals surface area (Å²) in [5.74, 6) is -5.06. The normalized spacial score (nSPS) is 27.2. The van der Waals surface area contributed by atoms with Crippen molar-refractivity contribution in [3.05, 3.63) is 0 Å². The van der Waals surface area contributed by atoms with Gasteiger partial charge in [-0.2, -0.15) is 0 Å². The Morgan fingerprint density at radius 1 is 0.731 bits per heavy atom. The number of esters is 2. The molecule has 2 fully saturated rings. The lowest BCUT2D eigenvalue weighted by molar-refractivity contribution is -0.155. The minimum atomic E-state index is -0.942. The molecule has 2 saturated heterocycles. The summed E-state index contributed by atoms with van der Waals surface area (Å²) in [6, 6.07) is 0. The fraction of sp³-hybridized carbons (Fsp3) is 0.750. The Morgan fingerprint density at radius 2 is 1.04 bits per heavy atom. The maximum atomic E-state index is 11.2.